The average Bonchev–Trinajstić information content (AvgIpc) is 2.94. The Bertz CT molecular complexity index is 780. The molecule has 0 radical (unpaired) electrons. The predicted octanol–water partition coefficient (Wildman–Crippen LogP) is 2.96. The number of fused-ring (bicyclic) bond motifs is 1. The quantitative estimate of drug-likeness (QED) is 0.663. The highest BCUT2D eigenvalue weighted by Gasteiger charge is 2.35. The van der Waals surface area contributed by atoms with E-state index in [1.807, 2.05) is 0 Å². The van der Waals surface area contributed by atoms with Gasteiger partial charge in [0.25, 0.3) is 0 Å². The summed E-state index contributed by atoms with van der Waals surface area (Å²) in [7, 11) is 0. The lowest BCUT2D eigenvalue weighted by atomic mass is 10.1. The third kappa shape index (κ3) is 2.39. The second kappa shape index (κ2) is 5.53. The van der Waals surface area contributed by atoms with Crippen LogP contribution in [0.5, 0.6) is 0 Å². The minimum Gasteiger partial charge on any atom is -0.480 e. The summed E-state index contributed by atoms with van der Waals surface area (Å²) in [5.74, 6) is -0.966. The molecule has 114 valence electrons. The van der Waals surface area contributed by atoms with Crippen LogP contribution in [0.4, 0.5) is 11.4 Å². The molecular formula is C14H12BrN3O4. The molecule has 0 bridgehead atoms. The Morgan fingerprint density at radius 1 is 1.50 bits per heavy atom. The van der Waals surface area contributed by atoms with Crippen molar-refractivity contribution in [1.82, 2.24) is 4.98 Å². The summed E-state index contributed by atoms with van der Waals surface area (Å²) < 4.78 is 0.759. The first-order chi connectivity index (χ1) is 10.5. The first-order valence-corrected chi connectivity index (χ1v) is 7.50. The van der Waals surface area contributed by atoms with Crippen molar-refractivity contribution in [2.45, 2.75) is 18.9 Å². The highest BCUT2D eigenvalue weighted by molar-refractivity contribution is 9.10. The van der Waals surface area contributed by atoms with E-state index in [0.717, 1.165) is 4.47 Å². The van der Waals surface area contributed by atoms with Gasteiger partial charge in [-0.2, -0.15) is 0 Å². The van der Waals surface area contributed by atoms with E-state index in [-0.39, 0.29) is 5.69 Å². The normalized spacial score (nSPS) is 17.9. The third-order valence-electron chi connectivity index (χ3n) is 3.80. The summed E-state index contributed by atoms with van der Waals surface area (Å²) in [6.07, 6.45) is 2.36. The van der Waals surface area contributed by atoms with Crippen LogP contribution in [-0.4, -0.2) is 33.6 Å². The molecule has 0 spiro atoms. The number of benzene rings is 1. The molecule has 1 fully saturated rings. The Kier molecular flexibility index (Phi) is 3.69. The molecule has 0 aliphatic carbocycles. The fraction of sp³-hybridized carbons (Fsp3) is 0.286. The monoisotopic (exact) mass is 365 g/mol. The number of nitrogens with zero attached hydrogens (tertiary/aromatic N) is 3. The van der Waals surface area contributed by atoms with Crippen LogP contribution in [-0.2, 0) is 4.79 Å². The standard InChI is InChI=1S/C14H12BrN3O4/c15-8-3-4-10-9(6-8)13(12(7-16-10)18(21)22)17-5-1-2-11(17)14(19)20/h3-4,6-7,11H,1-2,5H2,(H,19,20). The van der Waals surface area contributed by atoms with Crippen LogP contribution in [0.15, 0.2) is 28.9 Å². The highest BCUT2D eigenvalue weighted by Crippen LogP contribution is 2.39. The van der Waals surface area contributed by atoms with Crippen LogP contribution in [0.1, 0.15) is 12.8 Å². The molecule has 22 heavy (non-hydrogen) atoms. The number of aromatic nitrogens is 1. The summed E-state index contributed by atoms with van der Waals surface area (Å²) >= 11 is 3.35. The van der Waals surface area contributed by atoms with Gasteiger partial charge in [0.05, 0.1) is 10.4 Å². The van der Waals surface area contributed by atoms with Crippen molar-refractivity contribution in [3.8, 4) is 0 Å². The van der Waals surface area contributed by atoms with E-state index in [0.29, 0.717) is 36.0 Å². The largest absolute Gasteiger partial charge is 0.480 e. The van der Waals surface area contributed by atoms with Gasteiger partial charge in [-0.05, 0) is 31.0 Å². The number of nitro groups is 1. The molecule has 7 nitrogen and oxygen atoms in total. The second-order valence-corrected chi connectivity index (χ2v) is 6.02. The summed E-state index contributed by atoms with van der Waals surface area (Å²) in [6.45, 7) is 0.476. The van der Waals surface area contributed by atoms with E-state index in [4.69, 9.17) is 0 Å². The van der Waals surface area contributed by atoms with Gasteiger partial charge in [0, 0.05) is 16.4 Å². The molecule has 2 aromatic rings. The smallest absolute Gasteiger partial charge is 0.326 e. The Hall–Kier alpha value is -2.22. The van der Waals surface area contributed by atoms with Crippen LogP contribution < -0.4 is 4.90 Å². The Morgan fingerprint density at radius 3 is 2.95 bits per heavy atom. The van der Waals surface area contributed by atoms with E-state index < -0.39 is 16.9 Å². The molecular weight excluding hydrogens is 354 g/mol. The minimum atomic E-state index is -0.966. The Morgan fingerprint density at radius 2 is 2.27 bits per heavy atom. The molecule has 1 saturated heterocycles. The number of halogens is 1. The molecule has 1 aromatic heterocycles. The molecule has 1 N–H and O–H groups in total. The van der Waals surface area contributed by atoms with Crippen LogP contribution >= 0.6 is 15.9 Å². The van der Waals surface area contributed by atoms with E-state index in [1.54, 1.807) is 23.1 Å². The van der Waals surface area contributed by atoms with Crippen LogP contribution in [0, 0.1) is 10.1 Å². The number of aliphatic carboxylic acids is 1. The minimum absolute atomic E-state index is 0.168. The number of carboxylic acids is 1. The Balaban J connectivity index is 2.29. The van der Waals surface area contributed by atoms with Crippen molar-refractivity contribution in [2.24, 2.45) is 0 Å². The SMILES string of the molecule is O=C(O)C1CCCN1c1c([N+](=O)[O-])cnc2ccc(Br)cc12. The maximum Gasteiger partial charge on any atom is 0.326 e. The molecule has 1 aromatic carbocycles. The van der Waals surface area contributed by atoms with E-state index in [9.17, 15) is 20.0 Å². The van der Waals surface area contributed by atoms with Gasteiger partial charge < -0.3 is 10.0 Å². The van der Waals surface area contributed by atoms with Crippen LogP contribution in [0.2, 0.25) is 0 Å². The van der Waals surface area contributed by atoms with E-state index >= 15 is 0 Å². The molecule has 1 atom stereocenters. The first-order valence-electron chi connectivity index (χ1n) is 6.71. The summed E-state index contributed by atoms with van der Waals surface area (Å²) in [6, 6.07) is 4.53. The van der Waals surface area contributed by atoms with Gasteiger partial charge in [-0.1, -0.05) is 15.9 Å². The van der Waals surface area contributed by atoms with Crippen molar-refractivity contribution in [1.29, 1.82) is 0 Å². The summed E-state index contributed by atoms with van der Waals surface area (Å²) in [4.78, 5) is 28.0. The second-order valence-electron chi connectivity index (χ2n) is 5.10. The van der Waals surface area contributed by atoms with E-state index in [2.05, 4.69) is 20.9 Å². The van der Waals surface area contributed by atoms with Crippen molar-refractivity contribution in [3.63, 3.8) is 0 Å². The molecule has 3 rings (SSSR count). The number of hydrogen-bond donors (Lipinski definition) is 1. The number of hydrogen-bond acceptors (Lipinski definition) is 5. The number of carbonyl (C=O) groups is 1. The van der Waals surface area contributed by atoms with Crippen molar-refractivity contribution < 1.29 is 14.8 Å². The maximum atomic E-state index is 11.4. The van der Waals surface area contributed by atoms with Gasteiger partial charge in [0.1, 0.15) is 17.9 Å². The number of rotatable bonds is 3. The predicted molar refractivity (Wildman–Crippen MR) is 84.1 cm³/mol. The van der Waals surface area contributed by atoms with Gasteiger partial charge >= 0.3 is 11.7 Å². The number of anilines is 1. The van der Waals surface area contributed by atoms with Crippen molar-refractivity contribution in [2.75, 3.05) is 11.4 Å². The van der Waals surface area contributed by atoms with Crippen LogP contribution in [0.3, 0.4) is 0 Å². The van der Waals surface area contributed by atoms with E-state index in [1.165, 1.54) is 6.20 Å². The molecule has 1 aliphatic rings. The summed E-state index contributed by atoms with van der Waals surface area (Å²) in [5, 5.41) is 21.3. The number of pyridine rings is 1. The molecule has 0 amide bonds. The fourth-order valence-electron chi connectivity index (χ4n) is 2.87. The maximum absolute atomic E-state index is 11.4. The first kappa shape index (κ1) is 14.7. The summed E-state index contributed by atoms with van der Waals surface area (Å²) in [5.41, 5.74) is 0.764. The zero-order valence-electron chi connectivity index (χ0n) is 11.4. The molecule has 0 saturated carbocycles. The Labute approximate surface area is 133 Å². The van der Waals surface area contributed by atoms with Crippen molar-refractivity contribution >= 4 is 44.2 Å². The van der Waals surface area contributed by atoms with Gasteiger partial charge in [-0.3, -0.25) is 10.1 Å². The van der Waals surface area contributed by atoms with Gasteiger partial charge in [0.15, 0.2) is 0 Å². The topological polar surface area (TPSA) is 96.6 Å². The molecule has 8 heteroatoms. The highest BCUT2D eigenvalue weighted by atomic mass is 79.9. The lowest BCUT2D eigenvalue weighted by molar-refractivity contribution is -0.384. The molecule has 1 aliphatic heterocycles. The average molecular weight is 366 g/mol. The third-order valence-corrected chi connectivity index (χ3v) is 4.30. The molecule has 1 unspecified atom stereocenters. The molecule has 2 heterocycles. The van der Waals surface area contributed by atoms with Gasteiger partial charge in [-0.25, -0.2) is 9.78 Å². The van der Waals surface area contributed by atoms with Crippen molar-refractivity contribution in [3.05, 3.63) is 39.0 Å². The zero-order valence-corrected chi connectivity index (χ0v) is 13.0. The van der Waals surface area contributed by atoms with Crippen LogP contribution in [0.25, 0.3) is 10.9 Å². The number of carboxylic acid groups (broad SMARTS) is 1. The zero-order chi connectivity index (χ0) is 15.9. The lowest BCUT2D eigenvalue weighted by Crippen LogP contribution is -2.36. The fourth-order valence-corrected chi connectivity index (χ4v) is 3.23. The lowest BCUT2D eigenvalue weighted by Gasteiger charge is -2.24. The van der Waals surface area contributed by atoms with Gasteiger partial charge in [0.2, 0.25) is 0 Å². The van der Waals surface area contributed by atoms with Gasteiger partial charge in [-0.15, -0.1) is 0 Å².